The Hall–Kier alpha value is -2.35. The van der Waals surface area contributed by atoms with Crippen LogP contribution in [0.3, 0.4) is 0 Å². The summed E-state index contributed by atoms with van der Waals surface area (Å²) in [5.74, 6) is 0.121. The number of anilines is 1. The van der Waals surface area contributed by atoms with Crippen molar-refractivity contribution in [3.05, 3.63) is 41.3 Å². The van der Waals surface area contributed by atoms with Gasteiger partial charge in [0.15, 0.2) is 0 Å². The zero-order valence-electron chi connectivity index (χ0n) is 9.31. The van der Waals surface area contributed by atoms with E-state index in [1.807, 2.05) is 6.07 Å². The first kappa shape index (κ1) is 11.1. The van der Waals surface area contributed by atoms with Crippen LogP contribution in [0.4, 0.5) is 10.2 Å². The zero-order chi connectivity index (χ0) is 12.4. The second-order valence-electron chi connectivity index (χ2n) is 3.73. The van der Waals surface area contributed by atoms with Gasteiger partial charge in [0.05, 0.1) is 24.4 Å². The minimum atomic E-state index is -0.297. The number of nitrogens with zero attached hydrogens (tertiary/aromatic N) is 3. The lowest BCUT2D eigenvalue weighted by Gasteiger charge is -2.08. The number of hydrogen-bond acceptors (Lipinski definition) is 3. The zero-order valence-corrected chi connectivity index (χ0v) is 9.31. The lowest BCUT2D eigenvalue weighted by molar-refractivity contribution is 0.625. The Labute approximate surface area is 98.1 Å². The number of aromatic nitrogens is 2. The second-order valence-corrected chi connectivity index (χ2v) is 3.73. The van der Waals surface area contributed by atoms with E-state index in [0.717, 1.165) is 5.56 Å². The molecule has 0 saturated carbocycles. The minimum absolute atomic E-state index is 0.214. The van der Waals surface area contributed by atoms with Gasteiger partial charge in [-0.1, -0.05) is 0 Å². The van der Waals surface area contributed by atoms with Crippen LogP contribution in [0.2, 0.25) is 0 Å². The van der Waals surface area contributed by atoms with Gasteiger partial charge in [0.25, 0.3) is 0 Å². The van der Waals surface area contributed by atoms with Crippen LogP contribution in [0.15, 0.2) is 24.4 Å². The van der Waals surface area contributed by atoms with Gasteiger partial charge in [0.2, 0.25) is 0 Å². The maximum absolute atomic E-state index is 13.0. The molecule has 0 amide bonds. The van der Waals surface area contributed by atoms with Crippen molar-refractivity contribution in [2.75, 3.05) is 5.73 Å². The molecular formula is C12H11FN4. The monoisotopic (exact) mass is 230 g/mol. The first-order valence-corrected chi connectivity index (χ1v) is 5.09. The summed E-state index contributed by atoms with van der Waals surface area (Å²) in [6.07, 6.45) is 1.77. The predicted octanol–water partition coefficient (Wildman–Crippen LogP) is 1.97. The van der Waals surface area contributed by atoms with Crippen molar-refractivity contribution in [2.45, 2.75) is 13.3 Å². The fourth-order valence-electron chi connectivity index (χ4n) is 1.66. The van der Waals surface area contributed by atoms with Gasteiger partial charge in [-0.05, 0) is 30.7 Å². The third-order valence-electron chi connectivity index (χ3n) is 2.54. The highest BCUT2D eigenvalue weighted by Crippen LogP contribution is 2.20. The fraction of sp³-hybridized carbons (Fsp3) is 0.167. The predicted molar refractivity (Wildman–Crippen MR) is 62.0 cm³/mol. The number of aryl methyl sites for hydroxylation is 1. The van der Waals surface area contributed by atoms with E-state index in [1.54, 1.807) is 19.2 Å². The largest absolute Gasteiger partial charge is 0.383 e. The van der Waals surface area contributed by atoms with E-state index in [9.17, 15) is 4.39 Å². The highest BCUT2D eigenvalue weighted by Gasteiger charge is 2.10. The van der Waals surface area contributed by atoms with E-state index >= 15 is 0 Å². The maximum atomic E-state index is 13.0. The van der Waals surface area contributed by atoms with E-state index in [1.165, 1.54) is 16.8 Å². The molecule has 1 aromatic heterocycles. The van der Waals surface area contributed by atoms with Crippen molar-refractivity contribution in [1.82, 2.24) is 9.78 Å². The van der Waals surface area contributed by atoms with E-state index < -0.39 is 0 Å². The van der Waals surface area contributed by atoms with Gasteiger partial charge >= 0.3 is 0 Å². The smallest absolute Gasteiger partial charge is 0.131 e. The quantitative estimate of drug-likeness (QED) is 0.857. The molecule has 17 heavy (non-hydrogen) atoms. The first-order valence-electron chi connectivity index (χ1n) is 5.09. The number of hydrogen-bond donors (Lipinski definition) is 1. The van der Waals surface area contributed by atoms with Crippen LogP contribution in [0.1, 0.15) is 11.1 Å². The Morgan fingerprint density at radius 1 is 1.53 bits per heavy atom. The number of nitrogen functional groups attached to an aromatic ring is 1. The van der Waals surface area contributed by atoms with Gasteiger partial charge in [-0.3, -0.25) is 0 Å². The van der Waals surface area contributed by atoms with Gasteiger partial charge < -0.3 is 5.73 Å². The molecule has 1 heterocycles. The fourth-order valence-corrected chi connectivity index (χ4v) is 1.66. The van der Waals surface area contributed by atoms with Crippen molar-refractivity contribution in [2.24, 2.45) is 0 Å². The van der Waals surface area contributed by atoms with Crippen LogP contribution in [-0.4, -0.2) is 9.78 Å². The Kier molecular flexibility index (Phi) is 2.79. The lowest BCUT2D eigenvalue weighted by atomic mass is 10.2. The van der Waals surface area contributed by atoms with Crippen molar-refractivity contribution in [3.8, 4) is 11.8 Å². The summed E-state index contributed by atoms with van der Waals surface area (Å²) in [6.45, 7) is 1.78. The average Bonchev–Trinajstić information content (AvgIpc) is 2.62. The van der Waals surface area contributed by atoms with Crippen LogP contribution in [0.25, 0.3) is 5.69 Å². The summed E-state index contributed by atoms with van der Waals surface area (Å²) in [4.78, 5) is 0. The molecule has 0 atom stereocenters. The van der Waals surface area contributed by atoms with Crippen LogP contribution in [0, 0.1) is 24.1 Å². The molecule has 5 heteroatoms. The molecule has 0 unspecified atom stereocenters. The molecule has 0 spiro atoms. The van der Waals surface area contributed by atoms with Gasteiger partial charge in [0.1, 0.15) is 11.6 Å². The molecule has 2 rings (SSSR count). The molecule has 86 valence electrons. The molecule has 0 bridgehead atoms. The summed E-state index contributed by atoms with van der Waals surface area (Å²) in [6, 6.07) is 6.41. The molecule has 4 nitrogen and oxygen atoms in total. The average molecular weight is 230 g/mol. The number of halogens is 1. The van der Waals surface area contributed by atoms with Crippen LogP contribution >= 0.6 is 0 Å². The number of rotatable bonds is 2. The molecule has 0 aliphatic heterocycles. The maximum Gasteiger partial charge on any atom is 0.131 e. The second kappa shape index (κ2) is 4.26. The van der Waals surface area contributed by atoms with E-state index in [-0.39, 0.29) is 12.2 Å². The molecule has 0 aliphatic carbocycles. The van der Waals surface area contributed by atoms with Gasteiger partial charge in [-0.25, -0.2) is 9.07 Å². The van der Waals surface area contributed by atoms with Gasteiger partial charge in [0, 0.05) is 5.56 Å². The molecule has 2 aromatic rings. The normalized spacial score (nSPS) is 10.2. The van der Waals surface area contributed by atoms with E-state index in [2.05, 4.69) is 5.10 Å². The molecule has 0 aliphatic rings. The highest BCUT2D eigenvalue weighted by molar-refractivity contribution is 5.50. The Bertz CT molecular complexity index is 595. The van der Waals surface area contributed by atoms with Crippen LogP contribution in [0.5, 0.6) is 0 Å². The highest BCUT2D eigenvalue weighted by atomic mass is 19.1. The van der Waals surface area contributed by atoms with Gasteiger partial charge in [-0.2, -0.15) is 10.4 Å². The summed E-state index contributed by atoms with van der Waals surface area (Å²) < 4.78 is 14.5. The summed E-state index contributed by atoms with van der Waals surface area (Å²) >= 11 is 0. The van der Waals surface area contributed by atoms with E-state index in [4.69, 9.17) is 11.0 Å². The molecular weight excluding hydrogens is 219 g/mol. The van der Waals surface area contributed by atoms with Crippen molar-refractivity contribution < 1.29 is 4.39 Å². The third-order valence-corrected chi connectivity index (χ3v) is 2.54. The minimum Gasteiger partial charge on any atom is -0.383 e. The third kappa shape index (κ3) is 1.97. The molecule has 0 fully saturated rings. The summed E-state index contributed by atoms with van der Waals surface area (Å²) in [5.41, 5.74) is 8.02. The molecule has 2 N–H and O–H groups in total. The first-order chi connectivity index (χ1) is 8.13. The number of nitrogens with two attached hydrogens (primary N) is 1. The Morgan fingerprint density at radius 2 is 2.29 bits per heavy atom. The van der Waals surface area contributed by atoms with Crippen molar-refractivity contribution in [3.63, 3.8) is 0 Å². The SMILES string of the molecule is Cc1cc(F)ccc1-n1ncc(CC#N)c1N. The molecule has 1 aromatic carbocycles. The standard InChI is InChI=1S/C12H11FN4/c1-8-6-10(13)2-3-11(8)17-12(15)9(4-5-14)7-16-17/h2-3,6-7H,4,15H2,1H3. The van der Waals surface area contributed by atoms with Crippen LogP contribution < -0.4 is 5.73 Å². The lowest BCUT2D eigenvalue weighted by Crippen LogP contribution is -2.05. The molecule has 0 radical (unpaired) electrons. The summed E-state index contributed by atoms with van der Waals surface area (Å²) in [7, 11) is 0. The number of benzene rings is 1. The van der Waals surface area contributed by atoms with Crippen LogP contribution in [-0.2, 0) is 6.42 Å². The molecule has 0 saturated heterocycles. The van der Waals surface area contributed by atoms with Crippen molar-refractivity contribution in [1.29, 1.82) is 5.26 Å². The Balaban J connectivity index is 2.50. The topological polar surface area (TPSA) is 67.6 Å². The number of nitriles is 1. The Morgan fingerprint density at radius 3 is 2.94 bits per heavy atom. The van der Waals surface area contributed by atoms with Gasteiger partial charge in [-0.15, -0.1) is 0 Å². The van der Waals surface area contributed by atoms with E-state index in [0.29, 0.717) is 17.1 Å². The summed E-state index contributed by atoms with van der Waals surface area (Å²) in [5, 5.41) is 12.7. The van der Waals surface area contributed by atoms with Crippen molar-refractivity contribution >= 4 is 5.82 Å².